The second-order valence-electron chi connectivity index (χ2n) is 5.85. The predicted molar refractivity (Wildman–Crippen MR) is 74.7 cm³/mol. The fourth-order valence-electron chi connectivity index (χ4n) is 1.78. The molecule has 0 radical (unpaired) electrons. The molecule has 96 valence electrons. The van der Waals surface area contributed by atoms with Crippen LogP contribution in [-0.4, -0.2) is 23.3 Å². The molecule has 0 atom stereocenters. The second kappa shape index (κ2) is 4.21. The Hall–Kier alpha value is -1.13. The van der Waals surface area contributed by atoms with Crippen LogP contribution >= 0.6 is 0 Å². The van der Waals surface area contributed by atoms with Gasteiger partial charge in [-0.15, -0.1) is 0 Å². The summed E-state index contributed by atoms with van der Waals surface area (Å²) in [6, 6.07) is 3.93. The quantitative estimate of drug-likeness (QED) is 0.750. The molecule has 0 spiro atoms. The van der Waals surface area contributed by atoms with Gasteiger partial charge in [0.25, 0.3) is 0 Å². The predicted octanol–water partition coefficient (Wildman–Crippen LogP) is 2.41. The van der Waals surface area contributed by atoms with Gasteiger partial charge in [0.2, 0.25) is 0 Å². The molecule has 2 rings (SSSR count). The van der Waals surface area contributed by atoms with Crippen LogP contribution in [0.5, 0.6) is 0 Å². The zero-order valence-corrected chi connectivity index (χ0v) is 11.8. The number of allylic oxidation sites excluding steroid dienone is 1. The number of rotatable bonds is 2. The van der Waals surface area contributed by atoms with Crippen LogP contribution in [0.2, 0.25) is 0 Å². The Morgan fingerprint density at radius 3 is 2.11 bits per heavy atom. The van der Waals surface area contributed by atoms with E-state index in [-0.39, 0.29) is 18.3 Å². The number of hydrogen-bond donors (Lipinski definition) is 0. The first-order valence-corrected chi connectivity index (χ1v) is 6.20. The largest absolute Gasteiger partial charge is 0.496 e. The molecule has 1 aliphatic rings. The van der Waals surface area contributed by atoms with Crippen molar-refractivity contribution in [3.63, 3.8) is 0 Å². The van der Waals surface area contributed by atoms with Crippen LogP contribution in [0, 0.1) is 0 Å². The third-order valence-electron chi connectivity index (χ3n) is 3.75. The first kappa shape index (κ1) is 13.3. The van der Waals surface area contributed by atoms with E-state index in [1.54, 1.807) is 6.20 Å². The van der Waals surface area contributed by atoms with Crippen molar-refractivity contribution in [2.24, 2.45) is 0 Å². The van der Waals surface area contributed by atoms with Gasteiger partial charge in [-0.1, -0.05) is 12.6 Å². The van der Waals surface area contributed by atoms with E-state index in [0.717, 1.165) is 16.7 Å². The van der Waals surface area contributed by atoms with Crippen LogP contribution < -0.4 is 5.46 Å². The Labute approximate surface area is 109 Å². The molecule has 0 amide bonds. The van der Waals surface area contributed by atoms with Crippen molar-refractivity contribution in [2.45, 2.75) is 45.8 Å². The second-order valence-corrected chi connectivity index (χ2v) is 5.85. The minimum absolute atomic E-state index is 0.315. The SMILES string of the molecule is C=C(C)c1ccc(B2OC(C)(C)C(C)(C)O2)cn1. The Bertz CT molecular complexity index is 449. The molecule has 1 saturated heterocycles. The summed E-state index contributed by atoms with van der Waals surface area (Å²) < 4.78 is 11.9. The molecule has 18 heavy (non-hydrogen) atoms. The van der Waals surface area contributed by atoms with Crippen LogP contribution in [0.1, 0.15) is 40.3 Å². The monoisotopic (exact) mass is 245 g/mol. The van der Waals surface area contributed by atoms with E-state index < -0.39 is 0 Å². The van der Waals surface area contributed by atoms with Crippen LogP contribution in [0.4, 0.5) is 0 Å². The lowest BCUT2D eigenvalue weighted by atomic mass is 9.80. The van der Waals surface area contributed by atoms with Crippen LogP contribution in [-0.2, 0) is 9.31 Å². The summed E-state index contributed by atoms with van der Waals surface area (Å²) in [6.45, 7) is 14.0. The molecule has 3 nitrogen and oxygen atoms in total. The van der Waals surface area contributed by atoms with Crippen molar-refractivity contribution in [3.8, 4) is 0 Å². The Morgan fingerprint density at radius 1 is 1.17 bits per heavy atom. The van der Waals surface area contributed by atoms with Crippen LogP contribution in [0.25, 0.3) is 5.57 Å². The summed E-state index contributed by atoms with van der Waals surface area (Å²) in [4.78, 5) is 4.36. The zero-order chi connectivity index (χ0) is 13.6. The van der Waals surface area contributed by atoms with Gasteiger partial charge in [0.1, 0.15) is 0 Å². The van der Waals surface area contributed by atoms with E-state index >= 15 is 0 Å². The first-order valence-electron chi connectivity index (χ1n) is 6.20. The average molecular weight is 245 g/mol. The van der Waals surface area contributed by atoms with E-state index in [1.165, 1.54) is 0 Å². The third-order valence-corrected chi connectivity index (χ3v) is 3.75. The van der Waals surface area contributed by atoms with E-state index in [2.05, 4.69) is 11.6 Å². The normalized spacial score (nSPS) is 21.1. The zero-order valence-electron chi connectivity index (χ0n) is 11.8. The lowest BCUT2D eigenvalue weighted by Crippen LogP contribution is -2.41. The highest BCUT2D eigenvalue weighted by Crippen LogP contribution is 2.36. The van der Waals surface area contributed by atoms with E-state index in [4.69, 9.17) is 9.31 Å². The summed E-state index contributed by atoms with van der Waals surface area (Å²) >= 11 is 0. The van der Waals surface area contributed by atoms with E-state index in [9.17, 15) is 0 Å². The topological polar surface area (TPSA) is 31.4 Å². The molecular formula is C14H20BNO2. The van der Waals surface area contributed by atoms with Crippen LogP contribution in [0.3, 0.4) is 0 Å². The summed E-state index contributed by atoms with van der Waals surface area (Å²) in [6.07, 6.45) is 1.80. The minimum atomic E-state index is -0.346. The molecule has 0 saturated carbocycles. The van der Waals surface area contributed by atoms with Gasteiger partial charge >= 0.3 is 7.12 Å². The van der Waals surface area contributed by atoms with E-state index in [1.807, 2.05) is 46.8 Å². The standard InChI is InChI=1S/C14H20BNO2/c1-10(2)12-8-7-11(9-16-12)15-17-13(3,4)14(5,6)18-15/h7-9H,1H2,2-6H3. The van der Waals surface area contributed by atoms with Crippen molar-refractivity contribution in [1.82, 2.24) is 4.98 Å². The van der Waals surface area contributed by atoms with Crippen molar-refractivity contribution in [2.75, 3.05) is 0 Å². The Morgan fingerprint density at radius 2 is 1.72 bits per heavy atom. The molecule has 0 aliphatic carbocycles. The molecule has 0 unspecified atom stereocenters. The smallest absolute Gasteiger partial charge is 0.399 e. The molecule has 1 aliphatic heterocycles. The molecule has 0 bridgehead atoms. The minimum Gasteiger partial charge on any atom is -0.399 e. The van der Waals surface area contributed by atoms with Gasteiger partial charge in [-0.25, -0.2) is 0 Å². The van der Waals surface area contributed by atoms with Crippen molar-refractivity contribution >= 4 is 18.2 Å². The highest BCUT2D eigenvalue weighted by molar-refractivity contribution is 6.62. The number of aromatic nitrogens is 1. The molecule has 1 aromatic rings. The number of hydrogen-bond acceptors (Lipinski definition) is 3. The van der Waals surface area contributed by atoms with Crippen molar-refractivity contribution < 1.29 is 9.31 Å². The Kier molecular flexibility index (Phi) is 3.12. The molecule has 4 heteroatoms. The highest BCUT2D eigenvalue weighted by atomic mass is 16.7. The van der Waals surface area contributed by atoms with Gasteiger partial charge in [0.15, 0.2) is 0 Å². The Balaban J connectivity index is 2.22. The summed E-state index contributed by atoms with van der Waals surface area (Å²) in [7, 11) is -0.346. The van der Waals surface area contributed by atoms with Gasteiger partial charge in [0, 0.05) is 11.7 Å². The fraction of sp³-hybridized carbons (Fsp3) is 0.500. The molecule has 1 aromatic heterocycles. The number of pyridine rings is 1. The van der Waals surface area contributed by atoms with Gasteiger partial charge in [-0.2, -0.15) is 0 Å². The van der Waals surface area contributed by atoms with Gasteiger partial charge in [0.05, 0.1) is 16.9 Å². The molecule has 0 aromatic carbocycles. The maximum Gasteiger partial charge on any atom is 0.496 e. The summed E-state index contributed by atoms with van der Waals surface area (Å²) in [5, 5.41) is 0. The van der Waals surface area contributed by atoms with Crippen LogP contribution in [0.15, 0.2) is 24.9 Å². The van der Waals surface area contributed by atoms with Gasteiger partial charge in [-0.05, 0) is 46.3 Å². The lowest BCUT2D eigenvalue weighted by Gasteiger charge is -2.32. The van der Waals surface area contributed by atoms with Crippen molar-refractivity contribution in [3.05, 3.63) is 30.6 Å². The van der Waals surface area contributed by atoms with Gasteiger partial charge in [-0.3, -0.25) is 4.98 Å². The molecule has 0 N–H and O–H groups in total. The molecule has 2 heterocycles. The van der Waals surface area contributed by atoms with E-state index in [0.29, 0.717) is 0 Å². The molecular weight excluding hydrogens is 225 g/mol. The first-order chi connectivity index (χ1) is 8.23. The van der Waals surface area contributed by atoms with Gasteiger partial charge < -0.3 is 9.31 Å². The highest BCUT2D eigenvalue weighted by Gasteiger charge is 2.51. The maximum absolute atomic E-state index is 5.97. The summed E-state index contributed by atoms with van der Waals surface area (Å²) in [5.41, 5.74) is 2.17. The lowest BCUT2D eigenvalue weighted by molar-refractivity contribution is 0.00578. The average Bonchev–Trinajstić information content (AvgIpc) is 2.48. The number of nitrogens with zero attached hydrogens (tertiary/aromatic N) is 1. The summed E-state index contributed by atoms with van der Waals surface area (Å²) in [5.74, 6) is 0. The van der Waals surface area contributed by atoms with Crippen molar-refractivity contribution in [1.29, 1.82) is 0 Å². The molecule has 1 fully saturated rings. The third kappa shape index (κ3) is 2.23. The maximum atomic E-state index is 5.97. The fourth-order valence-corrected chi connectivity index (χ4v) is 1.78.